The molecule has 0 aliphatic carbocycles. The Morgan fingerprint density at radius 2 is 0.865 bits per heavy atom. The van der Waals surface area contributed by atoms with Crippen LogP contribution in [-0.4, -0.2) is 9.13 Å². The Morgan fingerprint density at radius 1 is 0.481 bits per heavy atom. The van der Waals surface area contributed by atoms with Crippen molar-refractivity contribution < 1.29 is 26.3 Å². The van der Waals surface area contributed by atoms with Crippen molar-refractivity contribution in [1.29, 1.82) is 5.26 Å². The van der Waals surface area contributed by atoms with Gasteiger partial charge in [0.25, 0.3) is 0 Å². The lowest BCUT2D eigenvalue weighted by atomic mass is 9.94. The first-order valence-electron chi connectivity index (χ1n) is 16.5. The molecule has 8 aromatic rings. The second kappa shape index (κ2) is 11.5. The molecular formula is C43H29F6N3. The molecule has 0 N–H and O–H groups in total. The fourth-order valence-electron chi connectivity index (χ4n) is 7.44. The van der Waals surface area contributed by atoms with Crippen LogP contribution in [0.5, 0.6) is 0 Å². The second-order valence-electron chi connectivity index (χ2n) is 13.5. The van der Waals surface area contributed by atoms with Crippen LogP contribution < -0.4 is 0 Å². The molecule has 0 bridgehead atoms. The highest BCUT2D eigenvalue weighted by molar-refractivity contribution is 6.11. The summed E-state index contributed by atoms with van der Waals surface area (Å²) in [4.78, 5) is 0. The van der Waals surface area contributed by atoms with Crippen LogP contribution >= 0.6 is 0 Å². The normalized spacial score (nSPS) is 12.4. The fourth-order valence-corrected chi connectivity index (χ4v) is 7.44. The number of hydrogen-bond donors (Lipinski definition) is 0. The minimum absolute atomic E-state index is 0.00987. The molecule has 6 aromatic carbocycles. The molecule has 3 nitrogen and oxygen atoms in total. The van der Waals surface area contributed by atoms with E-state index >= 15 is 0 Å². The van der Waals surface area contributed by atoms with E-state index in [1.165, 1.54) is 12.1 Å². The lowest BCUT2D eigenvalue weighted by Crippen LogP contribution is -2.12. The van der Waals surface area contributed by atoms with E-state index in [9.17, 15) is 31.6 Å². The van der Waals surface area contributed by atoms with Crippen molar-refractivity contribution in [3.63, 3.8) is 0 Å². The van der Waals surface area contributed by atoms with Gasteiger partial charge in [0.15, 0.2) is 0 Å². The molecule has 0 atom stereocenters. The average Bonchev–Trinajstić information content (AvgIpc) is 3.56. The van der Waals surface area contributed by atoms with Gasteiger partial charge in [-0.25, -0.2) is 0 Å². The summed E-state index contributed by atoms with van der Waals surface area (Å²) >= 11 is 0. The first-order valence-corrected chi connectivity index (χ1v) is 16.5. The van der Waals surface area contributed by atoms with E-state index in [0.717, 1.165) is 71.9 Å². The SMILES string of the molecule is Cc1ccc2c3ccc(C)cc3n(-c3cc(-c4ccc(C(F)(F)F)cc4C(F)(F)F)cc(-n4c5cc(C)ccc5c5ccc(C)cc54)c3C#N)c2c1. The first kappa shape index (κ1) is 33.2. The van der Waals surface area contributed by atoms with E-state index in [1.54, 1.807) is 0 Å². The summed E-state index contributed by atoms with van der Waals surface area (Å²) in [6.07, 6.45) is -10.1. The molecule has 0 radical (unpaired) electrons. The molecule has 0 spiro atoms. The van der Waals surface area contributed by atoms with Gasteiger partial charge < -0.3 is 9.13 Å². The monoisotopic (exact) mass is 701 g/mol. The lowest BCUT2D eigenvalue weighted by molar-refractivity contribution is -0.142. The first-order chi connectivity index (χ1) is 24.6. The van der Waals surface area contributed by atoms with Crippen LogP contribution in [0.3, 0.4) is 0 Å². The van der Waals surface area contributed by atoms with Crippen molar-refractivity contribution in [3.05, 3.63) is 142 Å². The molecule has 0 fully saturated rings. The van der Waals surface area contributed by atoms with Crippen LogP contribution in [0, 0.1) is 39.0 Å². The van der Waals surface area contributed by atoms with Crippen LogP contribution in [0.25, 0.3) is 66.1 Å². The summed E-state index contributed by atoms with van der Waals surface area (Å²) in [6, 6.07) is 30.7. The van der Waals surface area contributed by atoms with Crippen molar-refractivity contribution in [2.75, 3.05) is 0 Å². The highest BCUT2D eigenvalue weighted by atomic mass is 19.4. The molecule has 2 heterocycles. The maximum Gasteiger partial charge on any atom is 0.417 e. The molecule has 2 aromatic heterocycles. The summed E-state index contributed by atoms with van der Waals surface area (Å²) < 4.78 is 89.5. The summed E-state index contributed by atoms with van der Waals surface area (Å²) in [7, 11) is 0. The Kier molecular flexibility index (Phi) is 7.33. The van der Waals surface area contributed by atoms with E-state index in [4.69, 9.17) is 0 Å². The van der Waals surface area contributed by atoms with Gasteiger partial charge in [-0.3, -0.25) is 0 Å². The highest BCUT2D eigenvalue weighted by Gasteiger charge is 2.39. The zero-order chi connectivity index (χ0) is 36.9. The number of nitrogens with zero attached hydrogens (tertiary/aromatic N) is 3. The Hall–Kier alpha value is -6.01. The molecular weight excluding hydrogens is 672 g/mol. The van der Waals surface area contributed by atoms with Crippen LogP contribution in [0.4, 0.5) is 26.3 Å². The maximum atomic E-state index is 14.8. The van der Waals surface area contributed by atoms with Crippen molar-refractivity contribution >= 4 is 43.6 Å². The van der Waals surface area contributed by atoms with E-state index in [2.05, 4.69) is 6.07 Å². The fraction of sp³-hybridized carbons (Fsp3) is 0.140. The third-order valence-corrected chi connectivity index (χ3v) is 9.81. The second-order valence-corrected chi connectivity index (χ2v) is 13.5. The smallest absolute Gasteiger partial charge is 0.308 e. The van der Waals surface area contributed by atoms with Crippen LogP contribution in [0.2, 0.25) is 0 Å². The summed E-state index contributed by atoms with van der Waals surface area (Å²) in [6.45, 7) is 7.72. The standard InChI is InChI=1S/C43H29F6N3/c1-23-5-10-30-31-11-6-24(2)16-37(31)51(36(30)15-23)40-19-27(29-14-9-28(42(44,45)46)21-35(29)43(47,48)49)20-41(34(40)22-50)52-38-17-25(3)7-12-32(38)33-13-8-26(4)18-39(33)52/h5-21H,1-4H3. The van der Waals surface area contributed by atoms with E-state index in [0.29, 0.717) is 17.4 Å². The number of alkyl halides is 6. The molecule has 0 saturated heterocycles. The lowest BCUT2D eigenvalue weighted by Gasteiger charge is -2.21. The molecule has 0 saturated carbocycles. The van der Waals surface area contributed by atoms with Crippen LogP contribution in [0.15, 0.2) is 103 Å². The molecule has 52 heavy (non-hydrogen) atoms. The molecule has 8 rings (SSSR count). The van der Waals surface area contributed by atoms with Crippen LogP contribution in [0.1, 0.15) is 38.9 Å². The predicted octanol–water partition coefficient (Wildman–Crippen LogP) is 12.7. The highest BCUT2D eigenvalue weighted by Crippen LogP contribution is 2.45. The summed E-state index contributed by atoms with van der Waals surface area (Å²) in [5.41, 5.74) is 4.19. The van der Waals surface area contributed by atoms with Gasteiger partial charge in [0.1, 0.15) is 11.6 Å². The Bertz CT molecular complexity index is 2560. The number of hydrogen-bond acceptors (Lipinski definition) is 1. The zero-order valence-corrected chi connectivity index (χ0v) is 28.4. The quantitative estimate of drug-likeness (QED) is 0.169. The largest absolute Gasteiger partial charge is 0.417 e. The Morgan fingerprint density at radius 3 is 1.19 bits per heavy atom. The number of halogens is 6. The van der Waals surface area contributed by atoms with Gasteiger partial charge in [0, 0.05) is 21.5 Å². The maximum absolute atomic E-state index is 14.8. The van der Waals surface area contributed by atoms with Gasteiger partial charge in [-0.05, 0) is 110 Å². The molecule has 0 amide bonds. The Balaban J connectivity index is 1.60. The van der Waals surface area contributed by atoms with Gasteiger partial charge in [0.05, 0.1) is 44.6 Å². The number of aryl methyl sites for hydroxylation is 4. The van der Waals surface area contributed by atoms with Gasteiger partial charge in [0.2, 0.25) is 0 Å². The van der Waals surface area contributed by atoms with Crippen molar-refractivity contribution in [2.24, 2.45) is 0 Å². The van der Waals surface area contributed by atoms with E-state index < -0.39 is 29.0 Å². The molecule has 0 unspecified atom stereocenters. The topological polar surface area (TPSA) is 33.6 Å². The minimum atomic E-state index is -5.12. The van der Waals surface area contributed by atoms with Crippen molar-refractivity contribution in [3.8, 4) is 28.6 Å². The van der Waals surface area contributed by atoms with Gasteiger partial charge in [-0.1, -0.05) is 54.6 Å². The molecule has 0 aliphatic heterocycles. The van der Waals surface area contributed by atoms with E-state index in [1.807, 2.05) is 110 Å². The third-order valence-electron chi connectivity index (χ3n) is 9.81. The minimum Gasteiger partial charge on any atom is -0.308 e. The third kappa shape index (κ3) is 5.20. The Labute approximate surface area is 294 Å². The number of nitriles is 1. The van der Waals surface area contributed by atoms with E-state index in [-0.39, 0.29) is 17.2 Å². The number of aromatic nitrogens is 2. The van der Waals surface area contributed by atoms with Crippen LogP contribution in [-0.2, 0) is 12.4 Å². The number of rotatable bonds is 3. The summed E-state index contributed by atoms with van der Waals surface area (Å²) in [5, 5.41) is 14.6. The average molecular weight is 702 g/mol. The molecule has 258 valence electrons. The zero-order valence-electron chi connectivity index (χ0n) is 28.4. The summed E-state index contributed by atoms with van der Waals surface area (Å²) in [5.74, 6) is 0. The van der Waals surface area contributed by atoms with Gasteiger partial charge in [-0.2, -0.15) is 31.6 Å². The number of fused-ring (bicyclic) bond motifs is 6. The molecule has 9 heteroatoms. The van der Waals surface area contributed by atoms with Crippen molar-refractivity contribution in [1.82, 2.24) is 9.13 Å². The van der Waals surface area contributed by atoms with Gasteiger partial charge in [-0.15, -0.1) is 0 Å². The molecule has 0 aliphatic rings. The predicted molar refractivity (Wildman–Crippen MR) is 194 cm³/mol. The van der Waals surface area contributed by atoms with Gasteiger partial charge >= 0.3 is 12.4 Å². The van der Waals surface area contributed by atoms with Crippen molar-refractivity contribution in [2.45, 2.75) is 40.0 Å². The number of benzene rings is 6.